The molecule has 19 heavy (non-hydrogen) atoms. The van der Waals surface area contributed by atoms with Gasteiger partial charge in [-0.05, 0) is 38.1 Å². The van der Waals surface area contributed by atoms with Crippen LogP contribution in [0.15, 0.2) is 24.3 Å². The lowest BCUT2D eigenvalue weighted by atomic mass is 10.2. The molecule has 102 valence electrons. The minimum absolute atomic E-state index is 0.0689. The lowest BCUT2D eigenvalue weighted by Crippen LogP contribution is -2.24. The molecule has 2 N–H and O–H groups in total. The molecule has 0 bridgehead atoms. The van der Waals surface area contributed by atoms with Crippen LogP contribution in [0.2, 0.25) is 0 Å². The standard InChI is InChI=1S/C14H18N2O3/c1-5-14(2,3)19-10-18-12-8-6-11(7-9-12)16-13(17)15-4/h1,6-9H,10H2,2-4H3,(H2,15,16,17). The third kappa shape index (κ3) is 5.32. The van der Waals surface area contributed by atoms with E-state index in [1.54, 1.807) is 45.2 Å². The van der Waals surface area contributed by atoms with E-state index in [1.807, 2.05) is 0 Å². The van der Waals surface area contributed by atoms with E-state index in [0.717, 1.165) is 0 Å². The first-order valence-corrected chi connectivity index (χ1v) is 5.80. The Morgan fingerprint density at radius 3 is 2.53 bits per heavy atom. The van der Waals surface area contributed by atoms with Gasteiger partial charge in [0.05, 0.1) is 0 Å². The van der Waals surface area contributed by atoms with Gasteiger partial charge < -0.3 is 20.1 Å². The van der Waals surface area contributed by atoms with E-state index >= 15 is 0 Å². The number of carbonyl (C=O) groups excluding carboxylic acids is 1. The van der Waals surface area contributed by atoms with Crippen molar-refractivity contribution in [1.29, 1.82) is 0 Å². The molecule has 0 spiro atoms. The molecule has 0 saturated heterocycles. The molecular formula is C14H18N2O3. The minimum Gasteiger partial charge on any atom is -0.467 e. The SMILES string of the molecule is C#CC(C)(C)OCOc1ccc(NC(=O)NC)cc1. The van der Waals surface area contributed by atoms with Crippen LogP contribution in [-0.2, 0) is 4.74 Å². The number of hydrogen-bond acceptors (Lipinski definition) is 3. The quantitative estimate of drug-likeness (QED) is 0.631. The Labute approximate surface area is 113 Å². The Morgan fingerprint density at radius 2 is 2.00 bits per heavy atom. The summed E-state index contributed by atoms with van der Waals surface area (Å²) in [6.07, 6.45) is 5.29. The Hall–Kier alpha value is -2.19. The van der Waals surface area contributed by atoms with Crippen molar-refractivity contribution < 1.29 is 14.3 Å². The maximum atomic E-state index is 11.1. The molecule has 0 unspecified atom stereocenters. The first-order valence-electron chi connectivity index (χ1n) is 5.80. The third-order valence-electron chi connectivity index (χ3n) is 2.33. The molecule has 0 saturated carbocycles. The highest BCUT2D eigenvalue weighted by Gasteiger charge is 2.13. The maximum absolute atomic E-state index is 11.1. The van der Waals surface area contributed by atoms with Crippen LogP contribution in [-0.4, -0.2) is 25.5 Å². The minimum atomic E-state index is -0.652. The molecule has 0 aliphatic rings. The smallest absolute Gasteiger partial charge is 0.318 e. The van der Waals surface area contributed by atoms with Gasteiger partial charge in [-0.1, -0.05) is 5.92 Å². The summed E-state index contributed by atoms with van der Waals surface area (Å²) in [5.74, 6) is 3.14. The molecule has 0 aromatic heterocycles. The number of amides is 2. The van der Waals surface area contributed by atoms with Gasteiger partial charge in [-0.15, -0.1) is 6.42 Å². The molecule has 1 aromatic rings. The van der Waals surface area contributed by atoms with Gasteiger partial charge in [0.2, 0.25) is 0 Å². The molecule has 0 atom stereocenters. The van der Waals surface area contributed by atoms with Gasteiger partial charge in [0.15, 0.2) is 6.79 Å². The van der Waals surface area contributed by atoms with Crippen LogP contribution in [0.1, 0.15) is 13.8 Å². The van der Waals surface area contributed by atoms with E-state index in [9.17, 15) is 4.79 Å². The summed E-state index contributed by atoms with van der Waals surface area (Å²) in [4.78, 5) is 11.1. The van der Waals surface area contributed by atoms with Crippen molar-refractivity contribution in [3.63, 3.8) is 0 Å². The number of terminal acetylenes is 1. The average molecular weight is 262 g/mol. The highest BCUT2D eigenvalue weighted by atomic mass is 16.7. The van der Waals surface area contributed by atoms with Crippen molar-refractivity contribution in [1.82, 2.24) is 5.32 Å². The van der Waals surface area contributed by atoms with Gasteiger partial charge in [0.1, 0.15) is 11.4 Å². The summed E-state index contributed by atoms with van der Waals surface area (Å²) < 4.78 is 10.7. The lowest BCUT2D eigenvalue weighted by molar-refractivity contribution is -0.0550. The third-order valence-corrected chi connectivity index (χ3v) is 2.33. The van der Waals surface area contributed by atoms with E-state index in [0.29, 0.717) is 11.4 Å². The van der Waals surface area contributed by atoms with Gasteiger partial charge >= 0.3 is 6.03 Å². The van der Waals surface area contributed by atoms with Gasteiger partial charge in [-0.3, -0.25) is 0 Å². The second-order valence-corrected chi connectivity index (χ2v) is 4.29. The second kappa shape index (κ2) is 6.66. The van der Waals surface area contributed by atoms with E-state index in [-0.39, 0.29) is 12.8 Å². The molecule has 5 nitrogen and oxygen atoms in total. The number of ether oxygens (including phenoxy) is 2. The van der Waals surface area contributed by atoms with E-state index < -0.39 is 5.60 Å². The van der Waals surface area contributed by atoms with Crippen molar-refractivity contribution >= 4 is 11.7 Å². The van der Waals surface area contributed by atoms with E-state index in [1.165, 1.54) is 0 Å². The van der Waals surface area contributed by atoms with Gasteiger partial charge in [-0.2, -0.15) is 0 Å². The van der Waals surface area contributed by atoms with Crippen molar-refractivity contribution in [2.45, 2.75) is 19.4 Å². The van der Waals surface area contributed by atoms with Crippen LogP contribution < -0.4 is 15.4 Å². The van der Waals surface area contributed by atoms with Gasteiger partial charge in [0, 0.05) is 12.7 Å². The molecular weight excluding hydrogens is 244 g/mol. The highest BCUT2D eigenvalue weighted by molar-refractivity contribution is 5.88. The first-order chi connectivity index (χ1) is 8.96. The monoisotopic (exact) mass is 262 g/mol. The molecule has 0 aliphatic heterocycles. The predicted octanol–water partition coefficient (Wildman–Crippen LogP) is 2.20. The fourth-order valence-corrected chi connectivity index (χ4v) is 1.11. The fraction of sp³-hybridized carbons (Fsp3) is 0.357. The zero-order chi connectivity index (χ0) is 14.3. The number of rotatable bonds is 5. The second-order valence-electron chi connectivity index (χ2n) is 4.29. The Bertz CT molecular complexity index is 461. The van der Waals surface area contributed by atoms with Gasteiger partial charge in [0.25, 0.3) is 0 Å². The molecule has 0 fully saturated rings. The molecule has 0 radical (unpaired) electrons. The summed E-state index contributed by atoms with van der Waals surface area (Å²) in [5.41, 5.74) is 0.0253. The average Bonchev–Trinajstić information content (AvgIpc) is 2.40. The first kappa shape index (κ1) is 14.9. The Balaban J connectivity index is 2.45. The number of benzene rings is 1. The van der Waals surface area contributed by atoms with Gasteiger partial charge in [-0.25, -0.2) is 4.79 Å². The number of urea groups is 1. The molecule has 5 heteroatoms. The van der Waals surface area contributed by atoms with Crippen LogP contribution in [0.25, 0.3) is 0 Å². The molecule has 0 aliphatic carbocycles. The summed E-state index contributed by atoms with van der Waals surface area (Å²) in [7, 11) is 1.55. The molecule has 1 aromatic carbocycles. The summed E-state index contributed by atoms with van der Waals surface area (Å²) in [5, 5.41) is 5.11. The Kier molecular flexibility index (Phi) is 5.22. The van der Waals surface area contributed by atoms with Crippen LogP contribution in [0.4, 0.5) is 10.5 Å². The van der Waals surface area contributed by atoms with Crippen LogP contribution in [0.5, 0.6) is 5.75 Å². The predicted molar refractivity (Wildman–Crippen MR) is 74.0 cm³/mol. The lowest BCUT2D eigenvalue weighted by Gasteiger charge is -2.18. The van der Waals surface area contributed by atoms with Crippen molar-refractivity contribution in [2.24, 2.45) is 0 Å². The van der Waals surface area contributed by atoms with Crippen LogP contribution in [0, 0.1) is 12.3 Å². The summed E-state index contributed by atoms with van der Waals surface area (Å²) in [6, 6.07) is 6.66. The largest absolute Gasteiger partial charge is 0.467 e. The summed E-state index contributed by atoms with van der Waals surface area (Å²) in [6.45, 7) is 3.64. The number of nitrogens with one attached hydrogen (secondary N) is 2. The number of hydrogen-bond donors (Lipinski definition) is 2. The zero-order valence-corrected chi connectivity index (χ0v) is 11.3. The van der Waals surface area contributed by atoms with Crippen molar-refractivity contribution in [3.05, 3.63) is 24.3 Å². The van der Waals surface area contributed by atoms with E-state index in [2.05, 4.69) is 16.6 Å². The zero-order valence-electron chi connectivity index (χ0n) is 11.3. The molecule has 2 amide bonds. The topological polar surface area (TPSA) is 59.6 Å². The fourth-order valence-electron chi connectivity index (χ4n) is 1.11. The summed E-state index contributed by atoms with van der Waals surface area (Å²) >= 11 is 0. The van der Waals surface area contributed by atoms with E-state index in [4.69, 9.17) is 15.9 Å². The van der Waals surface area contributed by atoms with Crippen LogP contribution >= 0.6 is 0 Å². The van der Waals surface area contributed by atoms with Crippen LogP contribution in [0.3, 0.4) is 0 Å². The van der Waals surface area contributed by atoms with Crippen molar-refractivity contribution in [2.75, 3.05) is 19.2 Å². The Morgan fingerprint density at radius 1 is 1.37 bits per heavy atom. The molecule has 0 heterocycles. The highest BCUT2D eigenvalue weighted by Crippen LogP contribution is 2.16. The van der Waals surface area contributed by atoms with Crippen molar-refractivity contribution in [3.8, 4) is 18.1 Å². The normalized spacial score (nSPS) is 10.4. The maximum Gasteiger partial charge on any atom is 0.318 e. The number of carbonyl (C=O) groups is 1. The molecule has 1 rings (SSSR count). The number of anilines is 1.